The lowest BCUT2D eigenvalue weighted by atomic mass is 10.1. The van der Waals surface area contributed by atoms with Gasteiger partial charge in [-0.15, -0.1) is 0 Å². The van der Waals surface area contributed by atoms with E-state index in [1.54, 1.807) is 24.3 Å². The minimum Gasteiger partial charge on any atom is -0.282 e. The molecule has 0 aliphatic carbocycles. The second-order valence-corrected chi connectivity index (χ2v) is 4.73. The Hall–Kier alpha value is -1.90. The lowest BCUT2D eigenvalue weighted by molar-refractivity contribution is 0.483. The van der Waals surface area contributed by atoms with Crippen molar-refractivity contribution in [2.24, 2.45) is 0 Å². The van der Waals surface area contributed by atoms with Crippen LogP contribution in [0.3, 0.4) is 0 Å². The summed E-state index contributed by atoms with van der Waals surface area (Å²) >= 11 is 0. The molecule has 0 fully saturated rings. The normalized spacial score (nSPS) is 11.2. The molecule has 0 aliphatic rings. The molecule has 1 N–H and O–H groups in total. The summed E-state index contributed by atoms with van der Waals surface area (Å²) in [6.07, 6.45) is 0. The smallest absolute Gasteiger partial charge is 0.282 e. The van der Waals surface area contributed by atoms with Crippen LogP contribution in [0.15, 0.2) is 41.3 Å². The summed E-state index contributed by atoms with van der Waals surface area (Å²) < 4.78 is 30.7. The van der Waals surface area contributed by atoms with Crippen molar-refractivity contribution in [3.8, 4) is 6.07 Å². The number of hydrogen-bond donors (Lipinski definition) is 1. The lowest BCUT2D eigenvalue weighted by Gasteiger charge is -2.01. The van der Waals surface area contributed by atoms with Gasteiger partial charge in [0.05, 0.1) is 16.5 Å². The van der Waals surface area contributed by atoms with E-state index in [0.29, 0.717) is 10.9 Å². The summed E-state index contributed by atoms with van der Waals surface area (Å²) in [5.41, 5.74) is 0.507. The SMILES string of the molecule is N#Cc1ccc2cc(S(=O)(=O)O)ccc2c1. The summed E-state index contributed by atoms with van der Waals surface area (Å²) in [7, 11) is -4.17. The predicted octanol–water partition coefficient (Wildman–Crippen LogP) is 1.96. The molecule has 16 heavy (non-hydrogen) atoms. The van der Waals surface area contributed by atoms with Crippen molar-refractivity contribution >= 4 is 20.9 Å². The van der Waals surface area contributed by atoms with Gasteiger partial charge < -0.3 is 0 Å². The molecule has 5 heteroatoms. The summed E-state index contributed by atoms with van der Waals surface area (Å²) in [5.74, 6) is 0. The minimum absolute atomic E-state index is 0.148. The molecular formula is C11H7NO3S. The number of rotatable bonds is 1. The Morgan fingerprint density at radius 2 is 1.69 bits per heavy atom. The highest BCUT2D eigenvalue weighted by atomic mass is 32.2. The van der Waals surface area contributed by atoms with Crippen molar-refractivity contribution in [2.75, 3.05) is 0 Å². The Labute approximate surface area is 92.5 Å². The zero-order valence-electron chi connectivity index (χ0n) is 8.08. The Balaban J connectivity index is 2.71. The molecule has 0 aliphatic heterocycles. The van der Waals surface area contributed by atoms with Gasteiger partial charge in [0.2, 0.25) is 0 Å². The summed E-state index contributed by atoms with van der Waals surface area (Å²) in [5, 5.41) is 10.1. The zero-order valence-corrected chi connectivity index (χ0v) is 8.90. The van der Waals surface area contributed by atoms with Crippen LogP contribution in [0.5, 0.6) is 0 Å². The van der Waals surface area contributed by atoms with Crippen LogP contribution in [-0.2, 0) is 10.1 Å². The molecule has 0 saturated carbocycles. The number of fused-ring (bicyclic) bond motifs is 1. The number of hydrogen-bond acceptors (Lipinski definition) is 3. The Morgan fingerprint density at radius 3 is 2.31 bits per heavy atom. The molecule has 0 saturated heterocycles. The highest BCUT2D eigenvalue weighted by molar-refractivity contribution is 7.85. The zero-order chi connectivity index (χ0) is 11.8. The molecule has 0 atom stereocenters. The second kappa shape index (κ2) is 3.59. The van der Waals surface area contributed by atoms with E-state index in [0.717, 1.165) is 5.39 Å². The molecular weight excluding hydrogens is 226 g/mol. The van der Waals surface area contributed by atoms with Gasteiger partial charge >= 0.3 is 0 Å². The van der Waals surface area contributed by atoms with E-state index >= 15 is 0 Å². The van der Waals surface area contributed by atoms with Gasteiger partial charge in [-0.1, -0.05) is 12.1 Å². The standard InChI is InChI=1S/C11H7NO3S/c12-7-8-1-2-10-6-11(16(13,14)15)4-3-9(10)5-8/h1-6H,(H,13,14,15). The van der Waals surface area contributed by atoms with Crippen LogP contribution in [0.2, 0.25) is 0 Å². The topological polar surface area (TPSA) is 78.2 Å². The van der Waals surface area contributed by atoms with Crippen LogP contribution in [0.4, 0.5) is 0 Å². The van der Waals surface area contributed by atoms with Gasteiger partial charge in [-0.3, -0.25) is 4.55 Å². The maximum atomic E-state index is 10.9. The molecule has 0 bridgehead atoms. The largest absolute Gasteiger partial charge is 0.294 e. The van der Waals surface area contributed by atoms with Crippen LogP contribution in [0.1, 0.15) is 5.56 Å². The summed E-state index contributed by atoms with van der Waals surface area (Å²) in [6, 6.07) is 11.1. The summed E-state index contributed by atoms with van der Waals surface area (Å²) in [4.78, 5) is -0.148. The van der Waals surface area contributed by atoms with Gasteiger partial charge in [-0.05, 0) is 35.0 Å². The van der Waals surface area contributed by atoms with E-state index in [4.69, 9.17) is 9.81 Å². The first-order valence-electron chi connectivity index (χ1n) is 4.42. The lowest BCUT2D eigenvalue weighted by Crippen LogP contribution is -1.97. The first-order chi connectivity index (χ1) is 7.50. The second-order valence-electron chi connectivity index (χ2n) is 3.31. The average Bonchev–Trinajstić information content (AvgIpc) is 2.26. The van der Waals surface area contributed by atoms with Gasteiger partial charge in [0.25, 0.3) is 10.1 Å². The van der Waals surface area contributed by atoms with Crippen LogP contribution in [0, 0.1) is 11.3 Å². The maximum absolute atomic E-state index is 10.9. The fourth-order valence-corrected chi connectivity index (χ4v) is 1.97. The van der Waals surface area contributed by atoms with Gasteiger partial charge in [0, 0.05) is 0 Å². The van der Waals surface area contributed by atoms with E-state index < -0.39 is 10.1 Å². The molecule has 0 heterocycles. The van der Waals surface area contributed by atoms with Crippen LogP contribution in [0.25, 0.3) is 10.8 Å². The van der Waals surface area contributed by atoms with E-state index in [-0.39, 0.29) is 4.90 Å². The quantitative estimate of drug-likeness (QED) is 0.763. The molecule has 4 nitrogen and oxygen atoms in total. The molecule has 0 radical (unpaired) electrons. The minimum atomic E-state index is -4.17. The first kappa shape index (κ1) is 10.6. The maximum Gasteiger partial charge on any atom is 0.294 e. The van der Waals surface area contributed by atoms with Gasteiger partial charge in [0.15, 0.2) is 0 Å². The molecule has 0 amide bonds. The van der Waals surface area contributed by atoms with Gasteiger partial charge in [-0.25, -0.2) is 0 Å². The fraction of sp³-hybridized carbons (Fsp3) is 0. The molecule has 2 rings (SSSR count). The van der Waals surface area contributed by atoms with Crippen molar-refractivity contribution < 1.29 is 13.0 Å². The van der Waals surface area contributed by atoms with Crippen LogP contribution >= 0.6 is 0 Å². The van der Waals surface area contributed by atoms with E-state index in [9.17, 15) is 8.42 Å². The fourth-order valence-electron chi connectivity index (χ4n) is 1.45. The molecule has 2 aromatic carbocycles. The molecule has 0 spiro atoms. The van der Waals surface area contributed by atoms with E-state index in [2.05, 4.69) is 0 Å². The van der Waals surface area contributed by atoms with Gasteiger partial charge in [-0.2, -0.15) is 13.7 Å². The summed E-state index contributed by atoms with van der Waals surface area (Å²) in [6.45, 7) is 0. The van der Waals surface area contributed by atoms with E-state index in [1.807, 2.05) is 6.07 Å². The van der Waals surface area contributed by atoms with Crippen LogP contribution < -0.4 is 0 Å². The highest BCUT2D eigenvalue weighted by Gasteiger charge is 2.09. The van der Waals surface area contributed by atoms with Crippen molar-refractivity contribution in [3.63, 3.8) is 0 Å². The Morgan fingerprint density at radius 1 is 1.06 bits per heavy atom. The van der Waals surface area contributed by atoms with Crippen LogP contribution in [-0.4, -0.2) is 13.0 Å². The van der Waals surface area contributed by atoms with Crippen molar-refractivity contribution in [2.45, 2.75) is 4.90 Å². The number of nitrogens with zero attached hydrogens (tertiary/aromatic N) is 1. The third kappa shape index (κ3) is 1.89. The number of benzene rings is 2. The monoisotopic (exact) mass is 233 g/mol. The predicted molar refractivity (Wildman–Crippen MR) is 58.5 cm³/mol. The number of nitriles is 1. The first-order valence-corrected chi connectivity index (χ1v) is 5.86. The molecule has 80 valence electrons. The van der Waals surface area contributed by atoms with Gasteiger partial charge in [0.1, 0.15) is 0 Å². The van der Waals surface area contributed by atoms with Crippen molar-refractivity contribution in [1.82, 2.24) is 0 Å². The molecule has 0 unspecified atom stereocenters. The Bertz CT molecular complexity index is 699. The third-order valence-electron chi connectivity index (χ3n) is 2.24. The highest BCUT2D eigenvalue weighted by Crippen LogP contribution is 2.20. The van der Waals surface area contributed by atoms with Crippen molar-refractivity contribution in [1.29, 1.82) is 5.26 Å². The van der Waals surface area contributed by atoms with E-state index in [1.165, 1.54) is 12.1 Å². The average molecular weight is 233 g/mol. The molecule has 0 aromatic heterocycles. The van der Waals surface area contributed by atoms with Crippen molar-refractivity contribution in [3.05, 3.63) is 42.0 Å². The Kier molecular flexibility index (Phi) is 2.38. The third-order valence-corrected chi connectivity index (χ3v) is 3.09. The molecule has 2 aromatic rings.